The molecule has 1 aromatic heterocycles. The molecule has 0 amide bonds. The van der Waals surface area contributed by atoms with Crippen molar-refractivity contribution in [2.75, 3.05) is 10.9 Å². The average molecular weight is 312 g/mol. The number of benzene rings is 2. The number of aromatic nitrogens is 1. The third kappa shape index (κ3) is 3.21. The highest BCUT2D eigenvalue weighted by atomic mass is 32.1. The number of nitro benzene ring substituents is 1. The Morgan fingerprint density at radius 2 is 1.73 bits per heavy atom. The summed E-state index contributed by atoms with van der Waals surface area (Å²) in [6, 6.07) is 16.1. The molecule has 0 radical (unpaired) electrons. The van der Waals surface area contributed by atoms with Gasteiger partial charge in [0.15, 0.2) is 0 Å². The fourth-order valence-electron chi connectivity index (χ4n) is 1.86. The number of nitrogens with one attached hydrogen (secondary N) is 2. The van der Waals surface area contributed by atoms with E-state index in [2.05, 4.69) is 15.8 Å². The fourth-order valence-corrected chi connectivity index (χ4v) is 2.54. The second kappa shape index (κ2) is 6.23. The van der Waals surface area contributed by atoms with Gasteiger partial charge in [-0.3, -0.25) is 21.0 Å². The van der Waals surface area contributed by atoms with Gasteiger partial charge in [-0.1, -0.05) is 18.2 Å². The molecular weight excluding hydrogens is 300 g/mol. The van der Waals surface area contributed by atoms with Crippen LogP contribution in [0.1, 0.15) is 0 Å². The quantitative estimate of drug-likeness (QED) is 0.546. The first-order valence-corrected chi connectivity index (χ1v) is 7.38. The number of hydrazine groups is 1. The first-order valence-electron chi connectivity index (χ1n) is 6.50. The van der Waals surface area contributed by atoms with Crippen molar-refractivity contribution in [2.45, 2.75) is 0 Å². The zero-order valence-electron chi connectivity index (χ0n) is 11.4. The van der Waals surface area contributed by atoms with Crippen LogP contribution < -0.4 is 10.9 Å². The van der Waals surface area contributed by atoms with Crippen molar-refractivity contribution in [3.63, 3.8) is 0 Å². The van der Waals surface area contributed by atoms with Gasteiger partial charge in [-0.05, 0) is 24.3 Å². The van der Waals surface area contributed by atoms with Crippen LogP contribution in [0.4, 0.5) is 16.5 Å². The zero-order chi connectivity index (χ0) is 15.4. The molecule has 7 heteroatoms. The van der Waals surface area contributed by atoms with E-state index in [1.807, 2.05) is 35.7 Å². The molecule has 2 N–H and O–H groups in total. The third-order valence-electron chi connectivity index (χ3n) is 2.97. The number of hydrogen-bond acceptors (Lipinski definition) is 6. The monoisotopic (exact) mass is 312 g/mol. The van der Waals surface area contributed by atoms with Crippen molar-refractivity contribution in [3.05, 3.63) is 70.1 Å². The lowest BCUT2D eigenvalue weighted by atomic mass is 10.1. The number of para-hydroxylation sites is 1. The summed E-state index contributed by atoms with van der Waals surface area (Å²) in [7, 11) is 0. The SMILES string of the molecule is O=[N+]([O-])c1ccc(-c2csc(NNc3ccccc3)n2)cc1. The Morgan fingerprint density at radius 3 is 2.41 bits per heavy atom. The van der Waals surface area contributed by atoms with Crippen LogP contribution in [0.2, 0.25) is 0 Å². The maximum absolute atomic E-state index is 10.6. The first kappa shape index (κ1) is 14.0. The van der Waals surface area contributed by atoms with Crippen LogP contribution in [-0.4, -0.2) is 9.91 Å². The largest absolute Gasteiger partial charge is 0.299 e. The normalized spacial score (nSPS) is 10.2. The Morgan fingerprint density at radius 1 is 1.00 bits per heavy atom. The second-order valence-electron chi connectivity index (χ2n) is 4.46. The minimum absolute atomic E-state index is 0.0723. The minimum atomic E-state index is -0.415. The van der Waals surface area contributed by atoms with Gasteiger partial charge in [-0.25, -0.2) is 4.98 Å². The molecule has 3 aromatic rings. The molecule has 1 heterocycles. The zero-order valence-corrected chi connectivity index (χ0v) is 12.2. The van der Waals surface area contributed by atoms with Gasteiger partial charge in [0.1, 0.15) is 0 Å². The molecule has 3 rings (SSSR count). The summed E-state index contributed by atoms with van der Waals surface area (Å²) in [5, 5.41) is 13.3. The van der Waals surface area contributed by atoms with Gasteiger partial charge >= 0.3 is 0 Å². The standard InChI is InChI=1S/C15H12N4O2S/c20-19(21)13-8-6-11(7-9-13)14-10-22-15(16-14)18-17-12-4-2-1-3-5-12/h1-10,17H,(H,16,18). The number of nitro groups is 1. The third-order valence-corrected chi connectivity index (χ3v) is 3.72. The van der Waals surface area contributed by atoms with E-state index in [4.69, 9.17) is 0 Å². The number of thiazole rings is 1. The van der Waals surface area contributed by atoms with Crippen molar-refractivity contribution in [1.82, 2.24) is 4.98 Å². The maximum atomic E-state index is 10.6. The average Bonchev–Trinajstić information content (AvgIpc) is 3.03. The van der Waals surface area contributed by atoms with E-state index in [0.717, 1.165) is 22.1 Å². The predicted octanol–water partition coefficient (Wildman–Crippen LogP) is 4.16. The number of hydrogen-bond donors (Lipinski definition) is 2. The molecule has 0 atom stereocenters. The van der Waals surface area contributed by atoms with Crippen LogP contribution in [-0.2, 0) is 0 Å². The summed E-state index contributed by atoms with van der Waals surface area (Å²) in [5.41, 5.74) is 8.72. The van der Waals surface area contributed by atoms with E-state index < -0.39 is 4.92 Å². The van der Waals surface area contributed by atoms with E-state index in [1.54, 1.807) is 12.1 Å². The molecule has 22 heavy (non-hydrogen) atoms. The number of nitrogens with zero attached hydrogens (tertiary/aromatic N) is 2. The summed E-state index contributed by atoms with van der Waals surface area (Å²) in [6.07, 6.45) is 0. The highest BCUT2D eigenvalue weighted by molar-refractivity contribution is 7.14. The summed E-state index contributed by atoms with van der Waals surface area (Å²) in [4.78, 5) is 14.7. The lowest BCUT2D eigenvalue weighted by Gasteiger charge is -2.05. The van der Waals surface area contributed by atoms with E-state index in [9.17, 15) is 10.1 Å². The molecule has 0 spiro atoms. The molecule has 2 aromatic carbocycles. The smallest absolute Gasteiger partial charge is 0.269 e. The molecule has 0 fully saturated rings. The van der Waals surface area contributed by atoms with Gasteiger partial charge < -0.3 is 0 Å². The topological polar surface area (TPSA) is 80.1 Å². The maximum Gasteiger partial charge on any atom is 0.269 e. The molecule has 110 valence electrons. The first-order chi connectivity index (χ1) is 10.7. The van der Waals surface area contributed by atoms with Gasteiger partial charge in [0.25, 0.3) is 5.69 Å². The lowest BCUT2D eigenvalue weighted by molar-refractivity contribution is -0.384. The summed E-state index contributed by atoms with van der Waals surface area (Å²) < 4.78 is 0. The van der Waals surface area contributed by atoms with Crippen molar-refractivity contribution >= 4 is 27.8 Å². The van der Waals surface area contributed by atoms with Crippen LogP contribution in [0.3, 0.4) is 0 Å². The van der Waals surface area contributed by atoms with Crippen LogP contribution in [0.5, 0.6) is 0 Å². The van der Waals surface area contributed by atoms with Crippen molar-refractivity contribution in [3.8, 4) is 11.3 Å². The van der Waals surface area contributed by atoms with E-state index in [1.165, 1.54) is 23.5 Å². The molecule has 0 bridgehead atoms. The summed E-state index contributed by atoms with van der Waals surface area (Å²) >= 11 is 1.46. The van der Waals surface area contributed by atoms with Gasteiger partial charge in [0, 0.05) is 23.1 Å². The molecular formula is C15H12N4O2S. The Kier molecular flexibility index (Phi) is 3.97. The van der Waals surface area contributed by atoms with Gasteiger partial charge in [0.2, 0.25) is 5.13 Å². The summed E-state index contributed by atoms with van der Waals surface area (Å²) in [6.45, 7) is 0. The highest BCUT2D eigenvalue weighted by Gasteiger charge is 2.08. The Labute approximate surface area is 130 Å². The molecule has 0 aliphatic carbocycles. The van der Waals surface area contributed by atoms with Crippen LogP contribution in [0, 0.1) is 10.1 Å². The number of non-ortho nitro benzene ring substituents is 1. The van der Waals surface area contributed by atoms with Gasteiger partial charge in [-0.15, -0.1) is 11.3 Å². The van der Waals surface area contributed by atoms with Crippen LogP contribution >= 0.6 is 11.3 Å². The molecule has 0 aliphatic rings. The number of rotatable bonds is 5. The molecule has 0 aliphatic heterocycles. The van der Waals surface area contributed by atoms with Crippen LogP contribution in [0.25, 0.3) is 11.3 Å². The minimum Gasteiger partial charge on any atom is -0.299 e. The van der Waals surface area contributed by atoms with E-state index in [0.29, 0.717) is 0 Å². The van der Waals surface area contributed by atoms with Crippen LogP contribution in [0.15, 0.2) is 60.0 Å². The fraction of sp³-hybridized carbons (Fsp3) is 0. The second-order valence-corrected chi connectivity index (χ2v) is 5.32. The van der Waals surface area contributed by atoms with Crippen molar-refractivity contribution in [2.24, 2.45) is 0 Å². The Balaban J connectivity index is 1.69. The molecule has 0 saturated carbocycles. The predicted molar refractivity (Wildman–Crippen MR) is 87.9 cm³/mol. The van der Waals surface area contributed by atoms with E-state index >= 15 is 0 Å². The molecule has 6 nitrogen and oxygen atoms in total. The van der Waals surface area contributed by atoms with Gasteiger partial charge in [-0.2, -0.15) is 0 Å². The Bertz CT molecular complexity index is 772. The van der Waals surface area contributed by atoms with Crippen molar-refractivity contribution in [1.29, 1.82) is 0 Å². The Hall–Kier alpha value is -2.93. The van der Waals surface area contributed by atoms with Crippen molar-refractivity contribution < 1.29 is 4.92 Å². The molecule has 0 saturated heterocycles. The van der Waals surface area contributed by atoms with Gasteiger partial charge in [0.05, 0.1) is 16.3 Å². The summed E-state index contributed by atoms with van der Waals surface area (Å²) in [5.74, 6) is 0. The molecule has 0 unspecified atom stereocenters. The number of anilines is 2. The highest BCUT2D eigenvalue weighted by Crippen LogP contribution is 2.26. The lowest BCUT2D eigenvalue weighted by Crippen LogP contribution is -2.07. The van der Waals surface area contributed by atoms with E-state index in [-0.39, 0.29) is 5.69 Å².